The van der Waals surface area contributed by atoms with Crippen molar-refractivity contribution in [3.8, 4) is 11.3 Å². The molecule has 1 aliphatic rings. The predicted molar refractivity (Wildman–Crippen MR) is 111 cm³/mol. The summed E-state index contributed by atoms with van der Waals surface area (Å²) in [6.07, 6.45) is 8.99. The van der Waals surface area contributed by atoms with Gasteiger partial charge in [0.15, 0.2) is 0 Å². The Hall–Kier alpha value is -3.54. The van der Waals surface area contributed by atoms with Crippen molar-refractivity contribution in [2.45, 2.75) is 18.8 Å². The van der Waals surface area contributed by atoms with Crippen LogP contribution < -0.4 is 0 Å². The lowest BCUT2D eigenvalue weighted by Gasteiger charge is -2.31. The number of rotatable bonds is 3. The molecule has 5 rings (SSSR count). The fourth-order valence-electron chi connectivity index (χ4n) is 4.04. The van der Waals surface area contributed by atoms with Gasteiger partial charge in [-0.1, -0.05) is 18.2 Å². The summed E-state index contributed by atoms with van der Waals surface area (Å²) in [5.41, 5.74) is 3.20. The molecule has 6 nitrogen and oxygen atoms in total. The Balaban J connectivity index is 1.47. The van der Waals surface area contributed by atoms with Crippen LogP contribution in [0.15, 0.2) is 67.3 Å². The molecule has 1 amide bonds. The second-order valence-corrected chi connectivity index (χ2v) is 7.35. The van der Waals surface area contributed by atoms with Gasteiger partial charge in [-0.3, -0.25) is 9.78 Å². The highest BCUT2D eigenvalue weighted by Crippen LogP contribution is 2.29. The number of piperidine rings is 1. The molecule has 1 N–H and O–H groups in total. The van der Waals surface area contributed by atoms with Crippen molar-refractivity contribution in [3.05, 3.63) is 78.6 Å². The third kappa shape index (κ3) is 3.38. The number of aromatic nitrogens is 4. The highest BCUT2D eigenvalue weighted by Gasteiger charge is 2.27. The minimum absolute atomic E-state index is 0.0617. The largest absolute Gasteiger partial charge is 0.348 e. The fourth-order valence-corrected chi connectivity index (χ4v) is 4.04. The van der Waals surface area contributed by atoms with Crippen molar-refractivity contribution >= 4 is 16.8 Å². The number of carbonyl (C=O) groups is 1. The number of hydrogen-bond donors (Lipinski definition) is 1. The third-order valence-electron chi connectivity index (χ3n) is 5.59. The molecule has 6 heteroatoms. The van der Waals surface area contributed by atoms with Crippen LogP contribution >= 0.6 is 0 Å². The summed E-state index contributed by atoms with van der Waals surface area (Å²) in [4.78, 5) is 31.9. The van der Waals surface area contributed by atoms with E-state index in [4.69, 9.17) is 4.98 Å². The molecule has 144 valence electrons. The van der Waals surface area contributed by atoms with Gasteiger partial charge in [0.2, 0.25) is 0 Å². The Morgan fingerprint density at radius 2 is 1.93 bits per heavy atom. The van der Waals surface area contributed by atoms with E-state index in [1.165, 1.54) is 0 Å². The number of carbonyl (C=O) groups excluding carboxylic acids is 1. The number of hydrogen-bond acceptors (Lipinski definition) is 4. The van der Waals surface area contributed by atoms with Gasteiger partial charge in [0.05, 0.1) is 16.8 Å². The van der Waals surface area contributed by atoms with E-state index in [1.54, 1.807) is 18.6 Å². The quantitative estimate of drug-likeness (QED) is 0.579. The van der Waals surface area contributed by atoms with Crippen LogP contribution in [0.5, 0.6) is 0 Å². The summed E-state index contributed by atoms with van der Waals surface area (Å²) >= 11 is 0. The van der Waals surface area contributed by atoms with E-state index in [1.807, 2.05) is 53.6 Å². The molecule has 4 aromatic rings. The smallest absolute Gasteiger partial charge is 0.254 e. The SMILES string of the molecule is O=C(c1cc(-c2cccnc2)nc2ccccc12)N1CCC(c2ncc[nH]2)CC1. The van der Waals surface area contributed by atoms with Crippen molar-refractivity contribution in [2.24, 2.45) is 0 Å². The molecule has 4 heterocycles. The lowest BCUT2D eigenvalue weighted by atomic mass is 9.95. The second-order valence-electron chi connectivity index (χ2n) is 7.35. The molecule has 1 aromatic carbocycles. The highest BCUT2D eigenvalue weighted by atomic mass is 16.2. The lowest BCUT2D eigenvalue weighted by Crippen LogP contribution is -2.38. The van der Waals surface area contributed by atoms with E-state index in [-0.39, 0.29) is 5.91 Å². The number of pyridine rings is 2. The van der Waals surface area contributed by atoms with Gasteiger partial charge in [0, 0.05) is 54.7 Å². The maximum absolute atomic E-state index is 13.4. The summed E-state index contributed by atoms with van der Waals surface area (Å²) in [5.74, 6) is 1.46. The van der Waals surface area contributed by atoms with Crippen LogP contribution in [0.2, 0.25) is 0 Å². The zero-order valence-electron chi connectivity index (χ0n) is 16.0. The molecule has 0 bridgehead atoms. The first-order valence-corrected chi connectivity index (χ1v) is 9.88. The number of likely N-dealkylation sites (tertiary alicyclic amines) is 1. The average Bonchev–Trinajstić information content (AvgIpc) is 3.34. The molecule has 29 heavy (non-hydrogen) atoms. The summed E-state index contributed by atoms with van der Waals surface area (Å²) in [7, 11) is 0. The fraction of sp³-hybridized carbons (Fsp3) is 0.217. The van der Waals surface area contributed by atoms with Crippen molar-refractivity contribution < 1.29 is 4.79 Å². The average molecular weight is 383 g/mol. The van der Waals surface area contributed by atoms with Gasteiger partial charge in [-0.05, 0) is 37.1 Å². The molecule has 0 spiro atoms. The van der Waals surface area contributed by atoms with Gasteiger partial charge in [-0.25, -0.2) is 9.97 Å². The number of para-hydroxylation sites is 1. The molecule has 1 aliphatic heterocycles. The Kier molecular flexibility index (Phi) is 4.52. The number of aromatic amines is 1. The van der Waals surface area contributed by atoms with Crippen LogP contribution in [-0.2, 0) is 0 Å². The first-order chi connectivity index (χ1) is 14.3. The lowest BCUT2D eigenvalue weighted by molar-refractivity contribution is 0.0713. The predicted octanol–water partition coefficient (Wildman–Crippen LogP) is 4.04. The van der Waals surface area contributed by atoms with Crippen LogP contribution in [0.1, 0.15) is 34.9 Å². The maximum Gasteiger partial charge on any atom is 0.254 e. The molecule has 0 atom stereocenters. The number of fused-ring (bicyclic) bond motifs is 1. The summed E-state index contributed by atoms with van der Waals surface area (Å²) in [6.45, 7) is 1.45. The molecule has 3 aromatic heterocycles. The van der Waals surface area contributed by atoms with Gasteiger partial charge in [0.25, 0.3) is 5.91 Å². The Morgan fingerprint density at radius 3 is 2.69 bits per heavy atom. The molecule has 0 aliphatic carbocycles. The number of benzene rings is 1. The first kappa shape index (κ1) is 17.6. The van der Waals surface area contributed by atoms with Crippen molar-refractivity contribution in [1.29, 1.82) is 0 Å². The topological polar surface area (TPSA) is 74.8 Å². The standard InChI is InChI=1S/C23H21N5O/c29-23(28-12-7-16(8-13-28)22-25-10-11-26-22)19-14-21(17-4-3-9-24-15-17)27-20-6-2-1-5-18(19)20/h1-6,9-11,14-16H,7-8,12-13H2,(H,25,26). The van der Waals surface area contributed by atoms with E-state index in [9.17, 15) is 4.79 Å². The molecule has 0 unspecified atom stereocenters. The minimum atomic E-state index is 0.0617. The van der Waals surface area contributed by atoms with E-state index >= 15 is 0 Å². The first-order valence-electron chi connectivity index (χ1n) is 9.88. The van der Waals surface area contributed by atoms with Crippen molar-refractivity contribution in [3.63, 3.8) is 0 Å². The minimum Gasteiger partial charge on any atom is -0.348 e. The molecule has 0 saturated carbocycles. The zero-order chi connectivity index (χ0) is 19.6. The molecule has 0 radical (unpaired) electrons. The van der Waals surface area contributed by atoms with Gasteiger partial charge < -0.3 is 9.88 Å². The Bertz CT molecular complexity index is 1130. The molecular weight excluding hydrogens is 362 g/mol. The van der Waals surface area contributed by atoms with E-state index in [2.05, 4.69) is 15.0 Å². The van der Waals surface area contributed by atoms with Gasteiger partial charge in [0.1, 0.15) is 5.82 Å². The number of H-pyrrole nitrogens is 1. The molecule has 1 saturated heterocycles. The van der Waals surface area contributed by atoms with Crippen LogP contribution in [0.25, 0.3) is 22.2 Å². The van der Waals surface area contributed by atoms with E-state index in [0.717, 1.165) is 53.9 Å². The van der Waals surface area contributed by atoms with E-state index in [0.29, 0.717) is 11.5 Å². The van der Waals surface area contributed by atoms with Gasteiger partial charge in [-0.15, -0.1) is 0 Å². The Morgan fingerprint density at radius 1 is 1.07 bits per heavy atom. The maximum atomic E-state index is 13.4. The number of imidazole rings is 1. The molecular formula is C23H21N5O. The number of amides is 1. The zero-order valence-corrected chi connectivity index (χ0v) is 16.0. The van der Waals surface area contributed by atoms with Gasteiger partial charge in [-0.2, -0.15) is 0 Å². The second kappa shape index (κ2) is 7.47. The molecule has 1 fully saturated rings. The monoisotopic (exact) mass is 383 g/mol. The summed E-state index contributed by atoms with van der Waals surface area (Å²) in [5, 5.41) is 0.887. The summed E-state index contributed by atoms with van der Waals surface area (Å²) in [6, 6.07) is 13.6. The number of nitrogens with zero attached hydrogens (tertiary/aromatic N) is 4. The van der Waals surface area contributed by atoms with Crippen molar-refractivity contribution in [1.82, 2.24) is 24.8 Å². The number of nitrogens with one attached hydrogen (secondary N) is 1. The van der Waals surface area contributed by atoms with E-state index < -0.39 is 0 Å². The normalized spacial score (nSPS) is 15.0. The van der Waals surface area contributed by atoms with Crippen LogP contribution in [0.3, 0.4) is 0 Å². The van der Waals surface area contributed by atoms with Crippen LogP contribution in [0, 0.1) is 0 Å². The third-order valence-corrected chi connectivity index (χ3v) is 5.59. The highest BCUT2D eigenvalue weighted by molar-refractivity contribution is 6.07. The Labute approximate surface area is 168 Å². The van der Waals surface area contributed by atoms with Crippen LogP contribution in [-0.4, -0.2) is 43.8 Å². The van der Waals surface area contributed by atoms with Crippen LogP contribution in [0.4, 0.5) is 0 Å². The summed E-state index contributed by atoms with van der Waals surface area (Å²) < 4.78 is 0. The van der Waals surface area contributed by atoms with Gasteiger partial charge >= 0.3 is 0 Å². The van der Waals surface area contributed by atoms with Crippen molar-refractivity contribution in [2.75, 3.05) is 13.1 Å².